The Balaban J connectivity index is 1.67. The van der Waals surface area contributed by atoms with Gasteiger partial charge in [0.2, 0.25) is 0 Å². The van der Waals surface area contributed by atoms with Crippen molar-refractivity contribution in [2.24, 2.45) is 17.3 Å². The Labute approximate surface area is 87.9 Å². The highest BCUT2D eigenvalue weighted by Crippen LogP contribution is 2.52. The Kier molecular flexibility index (Phi) is 2.12. The molecule has 1 heterocycles. The lowest BCUT2D eigenvalue weighted by molar-refractivity contribution is 0.133. The standard InChI is InChI=1S/C13H23N/c1-14-8-7-13(10-14)6-2-3-12(9-13)11-4-5-11/h11-12H,2-10H2,1H3. The first-order valence-corrected chi connectivity index (χ1v) is 6.46. The van der Waals surface area contributed by atoms with Crippen LogP contribution in [0.15, 0.2) is 0 Å². The van der Waals surface area contributed by atoms with Gasteiger partial charge in [-0.15, -0.1) is 0 Å². The maximum Gasteiger partial charge on any atom is 0.00355 e. The molecule has 2 saturated carbocycles. The summed E-state index contributed by atoms with van der Waals surface area (Å²) in [5.41, 5.74) is 0.764. The third kappa shape index (κ3) is 1.60. The highest BCUT2D eigenvalue weighted by atomic mass is 15.1. The topological polar surface area (TPSA) is 3.24 Å². The molecule has 0 aromatic rings. The van der Waals surface area contributed by atoms with Gasteiger partial charge < -0.3 is 4.90 Å². The van der Waals surface area contributed by atoms with Crippen LogP contribution >= 0.6 is 0 Å². The predicted octanol–water partition coefficient (Wildman–Crippen LogP) is 2.91. The van der Waals surface area contributed by atoms with Gasteiger partial charge in [0.15, 0.2) is 0 Å². The molecule has 1 nitrogen and oxygen atoms in total. The minimum Gasteiger partial charge on any atom is -0.306 e. The number of hydrogen-bond acceptors (Lipinski definition) is 1. The van der Waals surface area contributed by atoms with Gasteiger partial charge in [0.05, 0.1) is 0 Å². The van der Waals surface area contributed by atoms with Crippen molar-refractivity contribution >= 4 is 0 Å². The maximum atomic E-state index is 2.55. The monoisotopic (exact) mass is 193 g/mol. The van der Waals surface area contributed by atoms with E-state index in [0.29, 0.717) is 0 Å². The number of hydrogen-bond donors (Lipinski definition) is 0. The molecule has 0 aromatic carbocycles. The molecule has 0 radical (unpaired) electrons. The van der Waals surface area contributed by atoms with E-state index >= 15 is 0 Å². The lowest BCUT2D eigenvalue weighted by Gasteiger charge is -2.38. The summed E-state index contributed by atoms with van der Waals surface area (Å²) in [6.07, 6.45) is 10.8. The Bertz CT molecular complexity index is 217. The second-order valence-corrected chi connectivity index (χ2v) is 6.18. The molecule has 2 atom stereocenters. The van der Waals surface area contributed by atoms with Crippen molar-refractivity contribution < 1.29 is 0 Å². The second-order valence-electron chi connectivity index (χ2n) is 6.18. The summed E-state index contributed by atoms with van der Waals surface area (Å²) >= 11 is 0. The third-order valence-corrected chi connectivity index (χ3v) is 4.90. The van der Waals surface area contributed by atoms with Gasteiger partial charge in [0.25, 0.3) is 0 Å². The fourth-order valence-corrected chi connectivity index (χ4v) is 4.00. The van der Waals surface area contributed by atoms with Crippen LogP contribution in [0.25, 0.3) is 0 Å². The molecule has 80 valence electrons. The fourth-order valence-electron chi connectivity index (χ4n) is 4.00. The van der Waals surface area contributed by atoms with Gasteiger partial charge in [-0.3, -0.25) is 0 Å². The number of likely N-dealkylation sites (tertiary alicyclic amines) is 1. The van der Waals surface area contributed by atoms with Gasteiger partial charge in [-0.2, -0.15) is 0 Å². The van der Waals surface area contributed by atoms with Crippen LogP contribution in [-0.4, -0.2) is 25.0 Å². The average Bonchev–Trinajstić information content (AvgIpc) is 2.95. The molecule has 14 heavy (non-hydrogen) atoms. The Morgan fingerprint density at radius 3 is 2.57 bits per heavy atom. The molecule has 3 fully saturated rings. The first-order valence-electron chi connectivity index (χ1n) is 6.46. The molecule has 2 unspecified atom stereocenters. The molecular weight excluding hydrogens is 170 g/mol. The summed E-state index contributed by atoms with van der Waals surface area (Å²) in [4.78, 5) is 2.55. The molecule has 0 N–H and O–H groups in total. The lowest BCUT2D eigenvalue weighted by Crippen LogP contribution is -2.32. The van der Waals surface area contributed by atoms with Crippen LogP contribution in [0.3, 0.4) is 0 Å². The van der Waals surface area contributed by atoms with Crippen LogP contribution in [0.4, 0.5) is 0 Å². The zero-order chi connectivity index (χ0) is 9.60. The van der Waals surface area contributed by atoms with Gasteiger partial charge in [-0.05, 0) is 62.9 Å². The molecule has 0 bridgehead atoms. The summed E-state index contributed by atoms with van der Waals surface area (Å²) in [5.74, 6) is 2.27. The molecule has 0 amide bonds. The van der Waals surface area contributed by atoms with E-state index in [-0.39, 0.29) is 0 Å². The van der Waals surface area contributed by atoms with Crippen LogP contribution in [0.1, 0.15) is 44.9 Å². The van der Waals surface area contributed by atoms with Crippen LogP contribution < -0.4 is 0 Å². The Morgan fingerprint density at radius 2 is 1.93 bits per heavy atom. The predicted molar refractivity (Wildman–Crippen MR) is 59.2 cm³/mol. The van der Waals surface area contributed by atoms with Crippen molar-refractivity contribution in [3.8, 4) is 0 Å². The third-order valence-electron chi connectivity index (χ3n) is 4.90. The molecular formula is C13H23N. The van der Waals surface area contributed by atoms with Gasteiger partial charge in [-0.1, -0.05) is 12.8 Å². The molecule has 3 rings (SSSR count). The van der Waals surface area contributed by atoms with E-state index in [2.05, 4.69) is 11.9 Å². The van der Waals surface area contributed by atoms with E-state index in [4.69, 9.17) is 0 Å². The van der Waals surface area contributed by atoms with Crippen molar-refractivity contribution in [2.75, 3.05) is 20.1 Å². The van der Waals surface area contributed by atoms with E-state index in [9.17, 15) is 0 Å². The van der Waals surface area contributed by atoms with Gasteiger partial charge in [0.1, 0.15) is 0 Å². The average molecular weight is 193 g/mol. The molecule has 0 aromatic heterocycles. The van der Waals surface area contributed by atoms with Crippen molar-refractivity contribution in [1.29, 1.82) is 0 Å². The summed E-state index contributed by atoms with van der Waals surface area (Å²) < 4.78 is 0. The summed E-state index contributed by atoms with van der Waals surface area (Å²) in [7, 11) is 2.30. The van der Waals surface area contributed by atoms with Crippen LogP contribution in [-0.2, 0) is 0 Å². The first kappa shape index (κ1) is 9.21. The SMILES string of the molecule is CN1CCC2(CCCC(C3CC3)C2)C1. The smallest absolute Gasteiger partial charge is 0.00355 e. The van der Waals surface area contributed by atoms with Gasteiger partial charge in [-0.25, -0.2) is 0 Å². The quantitative estimate of drug-likeness (QED) is 0.619. The molecule has 1 spiro atoms. The van der Waals surface area contributed by atoms with E-state index in [0.717, 1.165) is 17.3 Å². The zero-order valence-electron chi connectivity index (χ0n) is 9.47. The Morgan fingerprint density at radius 1 is 1.07 bits per heavy atom. The summed E-state index contributed by atoms with van der Waals surface area (Å²) in [6.45, 7) is 2.76. The van der Waals surface area contributed by atoms with Crippen molar-refractivity contribution in [3.63, 3.8) is 0 Å². The van der Waals surface area contributed by atoms with E-state index < -0.39 is 0 Å². The summed E-state index contributed by atoms with van der Waals surface area (Å²) in [6, 6.07) is 0. The van der Waals surface area contributed by atoms with Crippen molar-refractivity contribution in [2.45, 2.75) is 44.9 Å². The van der Waals surface area contributed by atoms with E-state index in [1.165, 1.54) is 32.4 Å². The highest BCUT2D eigenvalue weighted by molar-refractivity contribution is 4.96. The molecule has 3 aliphatic rings. The number of nitrogens with zero attached hydrogens (tertiary/aromatic N) is 1. The van der Waals surface area contributed by atoms with Crippen LogP contribution in [0.5, 0.6) is 0 Å². The zero-order valence-corrected chi connectivity index (χ0v) is 9.47. The van der Waals surface area contributed by atoms with Crippen LogP contribution in [0, 0.1) is 17.3 Å². The summed E-state index contributed by atoms with van der Waals surface area (Å²) in [5, 5.41) is 0. The minimum atomic E-state index is 0.764. The molecule has 1 saturated heterocycles. The van der Waals surface area contributed by atoms with Gasteiger partial charge >= 0.3 is 0 Å². The first-order chi connectivity index (χ1) is 6.77. The molecule has 1 aliphatic heterocycles. The van der Waals surface area contributed by atoms with Crippen molar-refractivity contribution in [3.05, 3.63) is 0 Å². The minimum absolute atomic E-state index is 0.764. The molecule has 1 heteroatoms. The highest BCUT2D eigenvalue weighted by Gasteiger charge is 2.44. The normalized spacial score (nSPS) is 44.8. The largest absolute Gasteiger partial charge is 0.306 e. The lowest BCUT2D eigenvalue weighted by atomic mass is 9.68. The number of rotatable bonds is 1. The van der Waals surface area contributed by atoms with Crippen LogP contribution in [0.2, 0.25) is 0 Å². The maximum absolute atomic E-state index is 2.55. The van der Waals surface area contributed by atoms with E-state index in [1.54, 1.807) is 25.7 Å². The van der Waals surface area contributed by atoms with Gasteiger partial charge in [0, 0.05) is 6.54 Å². The van der Waals surface area contributed by atoms with Crippen molar-refractivity contribution in [1.82, 2.24) is 4.90 Å². The fraction of sp³-hybridized carbons (Fsp3) is 1.00. The molecule has 2 aliphatic carbocycles. The van der Waals surface area contributed by atoms with E-state index in [1.807, 2.05) is 0 Å². The Hall–Kier alpha value is -0.0400. The second kappa shape index (κ2) is 3.23.